The molecule has 2 N–H and O–H groups in total. The van der Waals surface area contributed by atoms with E-state index in [1.54, 1.807) is 12.1 Å². The lowest BCUT2D eigenvalue weighted by Crippen LogP contribution is -2.38. The molecule has 2 atom stereocenters. The van der Waals surface area contributed by atoms with Crippen molar-refractivity contribution < 1.29 is 9.18 Å². The number of nitrogens with one attached hydrogen (secondary N) is 2. The van der Waals surface area contributed by atoms with Gasteiger partial charge in [-0.25, -0.2) is 4.39 Å². The van der Waals surface area contributed by atoms with Gasteiger partial charge in [0.25, 0.3) is 0 Å². The number of benzene rings is 1. The van der Waals surface area contributed by atoms with Gasteiger partial charge >= 0.3 is 0 Å². The van der Waals surface area contributed by atoms with E-state index in [2.05, 4.69) is 10.6 Å². The highest BCUT2D eigenvalue weighted by atomic mass is 19.1. The average molecular weight is 279 g/mol. The van der Waals surface area contributed by atoms with Gasteiger partial charge in [0.2, 0.25) is 5.91 Å². The van der Waals surface area contributed by atoms with E-state index < -0.39 is 0 Å². The first-order chi connectivity index (χ1) is 9.58. The summed E-state index contributed by atoms with van der Waals surface area (Å²) < 4.78 is 13.0. The topological polar surface area (TPSA) is 44.4 Å². The summed E-state index contributed by atoms with van der Waals surface area (Å²) in [6.07, 6.45) is 0.898. The predicted molar refractivity (Wildman–Crippen MR) is 76.8 cm³/mol. The highest BCUT2D eigenvalue weighted by Crippen LogP contribution is 2.18. The molecule has 1 fully saturated rings. The van der Waals surface area contributed by atoms with Crippen molar-refractivity contribution >= 4 is 5.91 Å². The minimum absolute atomic E-state index is 0.0499. The molecule has 1 aliphatic heterocycles. The molecule has 110 valence electrons. The third kappa shape index (κ3) is 3.77. The van der Waals surface area contributed by atoms with Gasteiger partial charge in [-0.1, -0.05) is 12.1 Å². The summed E-state index contributed by atoms with van der Waals surface area (Å²) in [5.74, 6) is -0.0673. The minimum atomic E-state index is -0.243. The van der Waals surface area contributed by atoms with Crippen LogP contribution in [0.25, 0.3) is 0 Å². The van der Waals surface area contributed by atoms with E-state index in [9.17, 15) is 9.18 Å². The van der Waals surface area contributed by atoms with E-state index in [0.29, 0.717) is 6.54 Å². The normalized spacial score (nSPS) is 20.1. The molecule has 20 heavy (non-hydrogen) atoms. The van der Waals surface area contributed by atoms with E-state index in [1.165, 1.54) is 12.1 Å². The van der Waals surface area contributed by atoms with Crippen LogP contribution < -0.4 is 10.6 Å². The first-order valence-electron chi connectivity index (χ1n) is 6.98. The Kier molecular flexibility index (Phi) is 5.09. The highest BCUT2D eigenvalue weighted by Gasteiger charge is 2.23. The first kappa shape index (κ1) is 14.9. The molecule has 2 rings (SSSR count). The van der Waals surface area contributed by atoms with E-state index in [0.717, 1.165) is 25.1 Å². The second-order valence-electron chi connectivity index (χ2n) is 5.47. The number of carbonyl (C=O) groups is 1. The lowest BCUT2D eigenvalue weighted by Gasteiger charge is -2.25. The average Bonchev–Trinajstić information content (AvgIpc) is 2.94. The van der Waals surface area contributed by atoms with Crippen molar-refractivity contribution in [3.8, 4) is 0 Å². The van der Waals surface area contributed by atoms with Gasteiger partial charge in [0, 0.05) is 13.1 Å². The zero-order valence-corrected chi connectivity index (χ0v) is 12.0. The van der Waals surface area contributed by atoms with Gasteiger partial charge in [-0.05, 0) is 44.8 Å². The Balaban J connectivity index is 1.95. The highest BCUT2D eigenvalue weighted by molar-refractivity contribution is 5.79. The van der Waals surface area contributed by atoms with Crippen LogP contribution in [0.1, 0.15) is 18.0 Å². The van der Waals surface area contributed by atoms with E-state index >= 15 is 0 Å². The summed E-state index contributed by atoms with van der Waals surface area (Å²) in [6, 6.07) is 6.49. The molecule has 1 amide bonds. The van der Waals surface area contributed by atoms with Crippen molar-refractivity contribution in [2.75, 3.05) is 33.7 Å². The Morgan fingerprint density at radius 3 is 2.70 bits per heavy atom. The molecule has 1 saturated heterocycles. The molecule has 0 aliphatic carbocycles. The zero-order valence-electron chi connectivity index (χ0n) is 12.0. The molecule has 2 unspecified atom stereocenters. The Hall–Kier alpha value is -1.46. The molecule has 0 spiro atoms. The Morgan fingerprint density at radius 2 is 2.15 bits per heavy atom. The number of amides is 1. The number of hydrogen-bond acceptors (Lipinski definition) is 3. The first-order valence-corrected chi connectivity index (χ1v) is 6.98. The SMILES string of the molecule is CN(C)C(CNC(=O)C1CCNC1)c1ccc(F)cc1. The van der Waals surface area contributed by atoms with Crippen LogP contribution in [0, 0.1) is 11.7 Å². The smallest absolute Gasteiger partial charge is 0.224 e. The fraction of sp³-hybridized carbons (Fsp3) is 0.533. The maximum Gasteiger partial charge on any atom is 0.224 e. The molecule has 0 saturated carbocycles. The summed E-state index contributed by atoms with van der Waals surface area (Å²) in [4.78, 5) is 14.1. The lowest BCUT2D eigenvalue weighted by atomic mass is 10.0. The fourth-order valence-corrected chi connectivity index (χ4v) is 2.50. The van der Waals surface area contributed by atoms with Crippen LogP contribution >= 0.6 is 0 Å². The van der Waals surface area contributed by atoms with Crippen LogP contribution in [0.15, 0.2) is 24.3 Å². The lowest BCUT2D eigenvalue weighted by molar-refractivity contribution is -0.124. The summed E-state index contributed by atoms with van der Waals surface area (Å²) in [5, 5.41) is 6.19. The molecule has 0 radical (unpaired) electrons. The van der Waals surface area contributed by atoms with Crippen molar-refractivity contribution in [3.05, 3.63) is 35.6 Å². The molecule has 0 aromatic heterocycles. The quantitative estimate of drug-likeness (QED) is 0.850. The molecule has 1 aromatic carbocycles. The molecule has 1 heterocycles. The molecule has 1 aromatic rings. The summed E-state index contributed by atoms with van der Waals surface area (Å²) in [7, 11) is 3.91. The maximum atomic E-state index is 13.0. The number of halogens is 1. The third-order valence-electron chi connectivity index (χ3n) is 3.78. The third-order valence-corrected chi connectivity index (χ3v) is 3.78. The van der Waals surface area contributed by atoms with Crippen molar-refractivity contribution in [2.45, 2.75) is 12.5 Å². The van der Waals surface area contributed by atoms with Crippen LogP contribution in [0.3, 0.4) is 0 Å². The zero-order chi connectivity index (χ0) is 14.5. The molecule has 4 nitrogen and oxygen atoms in total. The minimum Gasteiger partial charge on any atom is -0.354 e. The number of nitrogens with zero attached hydrogens (tertiary/aromatic N) is 1. The second kappa shape index (κ2) is 6.81. The van der Waals surface area contributed by atoms with E-state index in [1.807, 2.05) is 19.0 Å². The summed E-state index contributed by atoms with van der Waals surface area (Å²) >= 11 is 0. The van der Waals surface area contributed by atoms with Crippen LogP contribution in [0.4, 0.5) is 4.39 Å². The Bertz CT molecular complexity index is 441. The molecule has 1 aliphatic rings. The monoisotopic (exact) mass is 279 g/mol. The molecular weight excluding hydrogens is 257 g/mol. The van der Waals surface area contributed by atoms with Crippen LogP contribution in [-0.4, -0.2) is 44.5 Å². The van der Waals surface area contributed by atoms with Gasteiger partial charge in [0.1, 0.15) is 5.82 Å². The van der Waals surface area contributed by atoms with Crippen molar-refractivity contribution in [2.24, 2.45) is 5.92 Å². The summed E-state index contributed by atoms with van der Waals surface area (Å²) in [6.45, 7) is 2.20. The van der Waals surface area contributed by atoms with Gasteiger partial charge in [-0.2, -0.15) is 0 Å². The number of rotatable bonds is 5. The van der Waals surface area contributed by atoms with Gasteiger partial charge in [-0.15, -0.1) is 0 Å². The molecule has 5 heteroatoms. The maximum absolute atomic E-state index is 13.0. The standard InChI is InChI=1S/C15H22FN3O/c1-19(2)14(11-3-5-13(16)6-4-11)10-18-15(20)12-7-8-17-9-12/h3-6,12,14,17H,7-10H2,1-2H3,(H,18,20). The van der Waals surface area contributed by atoms with Crippen LogP contribution in [0.2, 0.25) is 0 Å². The number of carbonyl (C=O) groups excluding carboxylic acids is 1. The Morgan fingerprint density at radius 1 is 1.45 bits per heavy atom. The Labute approximate surface area is 119 Å². The fourth-order valence-electron chi connectivity index (χ4n) is 2.50. The largest absolute Gasteiger partial charge is 0.354 e. The number of likely N-dealkylation sites (N-methyl/N-ethyl adjacent to an activating group) is 1. The predicted octanol–water partition coefficient (Wildman–Crippen LogP) is 1.15. The van der Waals surface area contributed by atoms with Gasteiger partial charge in [-0.3, -0.25) is 4.79 Å². The van der Waals surface area contributed by atoms with Crippen molar-refractivity contribution in [1.29, 1.82) is 0 Å². The van der Waals surface area contributed by atoms with Crippen LogP contribution in [-0.2, 0) is 4.79 Å². The van der Waals surface area contributed by atoms with Crippen LogP contribution in [0.5, 0.6) is 0 Å². The van der Waals surface area contributed by atoms with E-state index in [4.69, 9.17) is 0 Å². The number of hydrogen-bond donors (Lipinski definition) is 2. The van der Waals surface area contributed by atoms with Gasteiger partial charge < -0.3 is 15.5 Å². The van der Waals surface area contributed by atoms with Gasteiger partial charge in [0.15, 0.2) is 0 Å². The molecule has 0 bridgehead atoms. The van der Waals surface area contributed by atoms with E-state index in [-0.39, 0.29) is 23.7 Å². The molecular formula is C15H22FN3O. The van der Waals surface area contributed by atoms with Gasteiger partial charge in [0.05, 0.1) is 12.0 Å². The van der Waals surface area contributed by atoms with Crippen molar-refractivity contribution in [3.63, 3.8) is 0 Å². The van der Waals surface area contributed by atoms with Crippen molar-refractivity contribution in [1.82, 2.24) is 15.5 Å². The second-order valence-corrected chi connectivity index (χ2v) is 5.47. The summed E-state index contributed by atoms with van der Waals surface area (Å²) in [5.41, 5.74) is 1.00.